The molecule has 132 valence electrons. The molecule has 0 radical (unpaired) electrons. The first-order chi connectivity index (χ1) is 12.0. The van der Waals surface area contributed by atoms with E-state index >= 15 is 0 Å². The molecule has 0 aliphatic heterocycles. The molecular formula is C19H24N4O2. The monoisotopic (exact) mass is 340 g/mol. The number of nitrogens with zero attached hydrogens (tertiary/aromatic N) is 2. The number of amides is 2. The third kappa shape index (κ3) is 5.39. The van der Waals surface area contributed by atoms with Gasteiger partial charge in [-0.15, -0.1) is 0 Å². The van der Waals surface area contributed by atoms with Crippen molar-refractivity contribution >= 4 is 17.5 Å². The number of anilines is 1. The van der Waals surface area contributed by atoms with Crippen molar-refractivity contribution in [3.05, 3.63) is 59.4 Å². The molecule has 2 N–H and O–H groups in total. The highest BCUT2D eigenvalue weighted by Gasteiger charge is 2.13. The van der Waals surface area contributed by atoms with Crippen LogP contribution in [-0.2, 0) is 6.42 Å². The molecule has 25 heavy (non-hydrogen) atoms. The van der Waals surface area contributed by atoms with Gasteiger partial charge < -0.3 is 15.5 Å². The highest BCUT2D eigenvalue weighted by Crippen LogP contribution is 2.16. The number of para-hydroxylation sites is 1. The van der Waals surface area contributed by atoms with E-state index in [0.717, 1.165) is 24.2 Å². The zero-order chi connectivity index (χ0) is 18.2. The van der Waals surface area contributed by atoms with Gasteiger partial charge in [-0.05, 0) is 44.3 Å². The lowest BCUT2D eigenvalue weighted by atomic mass is 10.1. The van der Waals surface area contributed by atoms with Gasteiger partial charge in [-0.1, -0.05) is 25.1 Å². The van der Waals surface area contributed by atoms with Crippen molar-refractivity contribution < 1.29 is 9.59 Å². The maximum absolute atomic E-state index is 12.5. The Morgan fingerprint density at radius 1 is 1.12 bits per heavy atom. The predicted molar refractivity (Wildman–Crippen MR) is 98.9 cm³/mol. The summed E-state index contributed by atoms with van der Waals surface area (Å²) >= 11 is 0. The van der Waals surface area contributed by atoms with Crippen molar-refractivity contribution in [3.8, 4) is 0 Å². The summed E-state index contributed by atoms with van der Waals surface area (Å²) in [6, 6.07) is 10.8. The topological polar surface area (TPSA) is 74.3 Å². The largest absolute Gasteiger partial charge is 0.349 e. The lowest BCUT2D eigenvalue weighted by molar-refractivity contribution is 0.0946. The summed E-state index contributed by atoms with van der Waals surface area (Å²) in [7, 11) is 3.87. The van der Waals surface area contributed by atoms with Crippen LogP contribution in [0.15, 0.2) is 42.6 Å². The smallest absolute Gasteiger partial charge is 0.269 e. The van der Waals surface area contributed by atoms with Crippen molar-refractivity contribution in [1.29, 1.82) is 0 Å². The molecular weight excluding hydrogens is 316 g/mol. The highest BCUT2D eigenvalue weighted by molar-refractivity contribution is 6.06. The van der Waals surface area contributed by atoms with E-state index < -0.39 is 0 Å². The Bertz CT molecular complexity index is 744. The van der Waals surface area contributed by atoms with Crippen molar-refractivity contribution in [2.75, 3.05) is 32.5 Å². The third-order valence-corrected chi connectivity index (χ3v) is 3.75. The quantitative estimate of drug-likeness (QED) is 0.810. The van der Waals surface area contributed by atoms with E-state index in [9.17, 15) is 9.59 Å². The maximum Gasteiger partial charge on any atom is 0.269 e. The van der Waals surface area contributed by atoms with Crippen LogP contribution in [0.3, 0.4) is 0 Å². The van der Waals surface area contributed by atoms with E-state index in [1.807, 2.05) is 50.2 Å². The summed E-state index contributed by atoms with van der Waals surface area (Å²) in [6.45, 7) is 3.29. The number of rotatable bonds is 7. The van der Waals surface area contributed by atoms with E-state index in [0.29, 0.717) is 12.1 Å². The number of hydrogen-bond donors (Lipinski definition) is 2. The minimum absolute atomic E-state index is 0.232. The van der Waals surface area contributed by atoms with Crippen LogP contribution in [0, 0.1) is 0 Å². The first kappa shape index (κ1) is 18.6. The molecule has 0 bridgehead atoms. The van der Waals surface area contributed by atoms with Crippen LogP contribution in [0.2, 0.25) is 0 Å². The Morgan fingerprint density at radius 2 is 1.88 bits per heavy atom. The van der Waals surface area contributed by atoms with Gasteiger partial charge in [-0.25, -0.2) is 0 Å². The van der Waals surface area contributed by atoms with E-state index in [4.69, 9.17) is 0 Å². The molecule has 2 amide bonds. The molecule has 0 fully saturated rings. The first-order valence-electron chi connectivity index (χ1n) is 8.29. The van der Waals surface area contributed by atoms with Gasteiger partial charge in [-0.2, -0.15) is 0 Å². The number of nitrogens with one attached hydrogen (secondary N) is 2. The SMILES string of the molecule is CCc1ccccc1NC(=O)c1ccnc(C(=O)NCCN(C)C)c1. The van der Waals surface area contributed by atoms with Crippen LogP contribution in [0.25, 0.3) is 0 Å². The summed E-state index contributed by atoms with van der Waals surface area (Å²) in [5.74, 6) is -0.545. The molecule has 0 unspecified atom stereocenters. The zero-order valence-electron chi connectivity index (χ0n) is 14.9. The van der Waals surface area contributed by atoms with E-state index in [1.54, 1.807) is 6.07 Å². The minimum Gasteiger partial charge on any atom is -0.349 e. The van der Waals surface area contributed by atoms with Crippen LogP contribution in [0.4, 0.5) is 5.69 Å². The maximum atomic E-state index is 12.5. The number of aryl methyl sites for hydroxylation is 1. The van der Waals surface area contributed by atoms with Crippen molar-refractivity contribution in [2.24, 2.45) is 0 Å². The summed E-state index contributed by atoms with van der Waals surface area (Å²) in [5.41, 5.74) is 2.48. The summed E-state index contributed by atoms with van der Waals surface area (Å²) < 4.78 is 0. The number of benzene rings is 1. The van der Waals surface area contributed by atoms with Gasteiger partial charge in [-0.3, -0.25) is 14.6 Å². The molecule has 0 saturated heterocycles. The van der Waals surface area contributed by atoms with Crippen LogP contribution in [0.5, 0.6) is 0 Å². The summed E-state index contributed by atoms with van der Waals surface area (Å²) in [6.07, 6.45) is 2.30. The van der Waals surface area contributed by atoms with Crippen molar-refractivity contribution in [2.45, 2.75) is 13.3 Å². The molecule has 1 aromatic heterocycles. The van der Waals surface area contributed by atoms with Gasteiger partial charge in [0.2, 0.25) is 0 Å². The molecule has 2 rings (SSSR count). The number of pyridine rings is 1. The first-order valence-corrected chi connectivity index (χ1v) is 8.29. The number of aromatic nitrogens is 1. The molecule has 2 aromatic rings. The number of likely N-dealkylation sites (N-methyl/N-ethyl adjacent to an activating group) is 1. The molecule has 0 aliphatic carbocycles. The average Bonchev–Trinajstić information content (AvgIpc) is 2.61. The fraction of sp³-hybridized carbons (Fsp3) is 0.316. The Morgan fingerprint density at radius 3 is 2.60 bits per heavy atom. The Hall–Kier alpha value is -2.73. The summed E-state index contributed by atoms with van der Waals surface area (Å²) in [4.78, 5) is 30.6. The average molecular weight is 340 g/mol. The Kier molecular flexibility index (Phi) is 6.65. The van der Waals surface area contributed by atoms with Gasteiger partial charge in [0.25, 0.3) is 11.8 Å². The molecule has 6 heteroatoms. The van der Waals surface area contributed by atoms with Crippen molar-refractivity contribution in [3.63, 3.8) is 0 Å². The van der Waals surface area contributed by atoms with Gasteiger partial charge in [0, 0.05) is 30.5 Å². The number of carbonyl (C=O) groups excluding carboxylic acids is 2. The normalized spacial score (nSPS) is 10.6. The highest BCUT2D eigenvalue weighted by atomic mass is 16.2. The Labute approximate surface area is 148 Å². The minimum atomic E-state index is -0.287. The third-order valence-electron chi connectivity index (χ3n) is 3.75. The second-order valence-corrected chi connectivity index (χ2v) is 5.95. The summed E-state index contributed by atoms with van der Waals surface area (Å²) in [5, 5.41) is 5.69. The molecule has 0 aliphatic rings. The van der Waals surface area contributed by atoms with Gasteiger partial charge in [0.05, 0.1) is 0 Å². The van der Waals surface area contributed by atoms with Gasteiger partial charge >= 0.3 is 0 Å². The van der Waals surface area contributed by atoms with Gasteiger partial charge in [0.15, 0.2) is 0 Å². The second kappa shape index (κ2) is 8.94. The Balaban J connectivity index is 2.07. The van der Waals surface area contributed by atoms with Crippen molar-refractivity contribution in [1.82, 2.24) is 15.2 Å². The van der Waals surface area contributed by atoms with Crippen LogP contribution in [0.1, 0.15) is 33.3 Å². The predicted octanol–water partition coefficient (Wildman–Crippen LogP) is 2.19. The standard InChI is InChI=1S/C19H24N4O2/c1-4-14-7-5-6-8-16(14)22-18(24)15-9-10-20-17(13-15)19(25)21-11-12-23(2)3/h5-10,13H,4,11-12H2,1-3H3,(H,21,25)(H,22,24). The van der Waals surface area contributed by atoms with E-state index in [1.165, 1.54) is 12.3 Å². The molecule has 0 spiro atoms. The molecule has 1 aromatic carbocycles. The molecule has 0 atom stereocenters. The lowest BCUT2D eigenvalue weighted by Crippen LogP contribution is -2.32. The van der Waals surface area contributed by atoms with Gasteiger partial charge in [0.1, 0.15) is 5.69 Å². The van der Waals surface area contributed by atoms with E-state index in [2.05, 4.69) is 15.6 Å². The number of hydrogen-bond acceptors (Lipinski definition) is 4. The number of carbonyl (C=O) groups is 2. The van der Waals surface area contributed by atoms with E-state index in [-0.39, 0.29) is 17.5 Å². The van der Waals surface area contributed by atoms with Crippen LogP contribution in [-0.4, -0.2) is 48.9 Å². The second-order valence-electron chi connectivity index (χ2n) is 5.95. The molecule has 1 heterocycles. The zero-order valence-corrected chi connectivity index (χ0v) is 14.9. The van der Waals surface area contributed by atoms with Crippen LogP contribution >= 0.6 is 0 Å². The fourth-order valence-corrected chi connectivity index (χ4v) is 2.32. The fourth-order valence-electron chi connectivity index (χ4n) is 2.32. The lowest BCUT2D eigenvalue weighted by Gasteiger charge is -2.11. The molecule has 0 saturated carbocycles. The van der Waals surface area contributed by atoms with Crippen LogP contribution < -0.4 is 10.6 Å². The molecule has 6 nitrogen and oxygen atoms in total.